The average Bonchev–Trinajstić information content (AvgIpc) is 2.21. The number of hydrogen-bond acceptors (Lipinski definition) is 4. The first-order chi connectivity index (χ1) is 6.83. The van der Waals surface area contributed by atoms with E-state index in [1.54, 1.807) is 0 Å². The summed E-state index contributed by atoms with van der Waals surface area (Å²) in [6.07, 6.45) is 1.29. The standard InChI is InChI=1S/2C5H11O2.Mn/c2*1-2-7-5-3-4-6;/h2*2-5H2,1H3;/q2*-1;+2. The van der Waals surface area contributed by atoms with Gasteiger partial charge in [-0.1, -0.05) is 0 Å². The van der Waals surface area contributed by atoms with E-state index in [4.69, 9.17) is 9.47 Å². The van der Waals surface area contributed by atoms with Gasteiger partial charge in [-0.05, 0) is 26.7 Å². The van der Waals surface area contributed by atoms with Gasteiger partial charge in [-0.3, -0.25) is 0 Å². The molecule has 93 valence electrons. The summed E-state index contributed by atoms with van der Waals surface area (Å²) >= 11 is 0. The van der Waals surface area contributed by atoms with E-state index in [1.165, 1.54) is 0 Å². The van der Waals surface area contributed by atoms with E-state index in [-0.39, 0.29) is 30.3 Å². The van der Waals surface area contributed by atoms with Crippen molar-refractivity contribution in [2.45, 2.75) is 26.7 Å². The van der Waals surface area contributed by atoms with E-state index in [0.29, 0.717) is 26.1 Å². The molecular formula is C10H22MnO4. The molecule has 0 aliphatic rings. The molecule has 0 spiro atoms. The van der Waals surface area contributed by atoms with E-state index in [9.17, 15) is 10.2 Å². The van der Waals surface area contributed by atoms with Crippen LogP contribution in [0.2, 0.25) is 0 Å². The Balaban J connectivity index is -0.000000180. The summed E-state index contributed by atoms with van der Waals surface area (Å²) in [5.74, 6) is 0. The van der Waals surface area contributed by atoms with Gasteiger partial charge in [-0.2, -0.15) is 0 Å². The molecule has 0 amide bonds. The van der Waals surface area contributed by atoms with E-state index in [2.05, 4.69) is 0 Å². The largest absolute Gasteiger partial charge is 2.00 e. The molecule has 0 aliphatic heterocycles. The molecule has 4 nitrogen and oxygen atoms in total. The predicted octanol–water partition coefficient (Wildman–Crippen LogP) is -0.456. The van der Waals surface area contributed by atoms with Crippen molar-refractivity contribution < 1.29 is 36.8 Å². The average molecular weight is 261 g/mol. The molecule has 0 bridgehead atoms. The van der Waals surface area contributed by atoms with Gasteiger partial charge in [0.1, 0.15) is 0 Å². The Kier molecular flexibility index (Phi) is 33.0. The zero-order valence-corrected chi connectivity index (χ0v) is 10.8. The van der Waals surface area contributed by atoms with Crippen LogP contribution in [0, 0.1) is 0 Å². The smallest absolute Gasteiger partial charge is 0.854 e. The fourth-order valence-electron chi connectivity index (χ4n) is 0.611. The van der Waals surface area contributed by atoms with Gasteiger partial charge in [0, 0.05) is 26.4 Å². The quantitative estimate of drug-likeness (QED) is 0.438. The molecule has 0 aromatic heterocycles. The Bertz CT molecular complexity index is 65.8. The monoisotopic (exact) mass is 261 g/mol. The molecule has 0 atom stereocenters. The minimum Gasteiger partial charge on any atom is -0.854 e. The van der Waals surface area contributed by atoms with Crippen molar-refractivity contribution in [2.24, 2.45) is 0 Å². The zero-order chi connectivity index (χ0) is 11.1. The molecule has 5 heteroatoms. The van der Waals surface area contributed by atoms with Crippen LogP contribution in [0.15, 0.2) is 0 Å². The fraction of sp³-hybridized carbons (Fsp3) is 1.00. The normalized spacial score (nSPS) is 8.80. The summed E-state index contributed by atoms with van der Waals surface area (Å²) in [4.78, 5) is 0. The van der Waals surface area contributed by atoms with Crippen LogP contribution in [-0.4, -0.2) is 39.6 Å². The molecule has 0 N–H and O–H groups in total. The molecule has 15 heavy (non-hydrogen) atoms. The van der Waals surface area contributed by atoms with Gasteiger partial charge in [-0.15, -0.1) is 13.2 Å². The summed E-state index contributed by atoms with van der Waals surface area (Å²) in [6.45, 7) is 6.51. The maximum atomic E-state index is 9.72. The topological polar surface area (TPSA) is 64.6 Å². The second-order valence-electron chi connectivity index (χ2n) is 2.51. The van der Waals surface area contributed by atoms with Gasteiger partial charge < -0.3 is 19.7 Å². The van der Waals surface area contributed by atoms with Crippen LogP contribution >= 0.6 is 0 Å². The summed E-state index contributed by atoms with van der Waals surface area (Å²) < 4.78 is 9.75. The zero-order valence-electron chi connectivity index (χ0n) is 9.67. The molecule has 0 aromatic carbocycles. The second-order valence-corrected chi connectivity index (χ2v) is 2.51. The van der Waals surface area contributed by atoms with E-state index < -0.39 is 0 Å². The Morgan fingerprint density at radius 1 is 0.800 bits per heavy atom. The minimum atomic E-state index is -0.0139. The summed E-state index contributed by atoms with van der Waals surface area (Å²) in [6, 6.07) is 0. The van der Waals surface area contributed by atoms with Crippen molar-refractivity contribution >= 4 is 0 Å². The summed E-state index contributed by atoms with van der Waals surface area (Å²) in [5.41, 5.74) is 0. The molecule has 0 unspecified atom stereocenters. The van der Waals surface area contributed by atoms with E-state index in [1.807, 2.05) is 13.8 Å². The second kappa shape index (κ2) is 23.9. The molecular weight excluding hydrogens is 239 g/mol. The molecule has 0 rings (SSSR count). The van der Waals surface area contributed by atoms with Crippen LogP contribution in [0.4, 0.5) is 0 Å². The maximum absolute atomic E-state index is 9.72. The van der Waals surface area contributed by atoms with Crippen LogP contribution in [-0.2, 0) is 26.5 Å². The first-order valence-corrected chi connectivity index (χ1v) is 5.15. The van der Waals surface area contributed by atoms with E-state index >= 15 is 0 Å². The van der Waals surface area contributed by atoms with Crippen molar-refractivity contribution in [3.05, 3.63) is 0 Å². The summed E-state index contributed by atoms with van der Waals surface area (Å²) in [7, 11) is 0. The van der Waals surface area contributed by atoms with Crippen LogP contribution < -0.4 is 10.2 Å². The number of ether oxygens (including phenoxy) is 2. The van der Waals surface area contributed by atoms with Crippen molar-refractivity contribution in [1.82, 2.24) is 0 Å². The van der Waals surface area contributed by atoms with Crippen LogP contribution in [0.3, 0.4) is 0 Å². The van der Waals surface area contributed by atoms with Gasteiger partial charge in [0.25, 0.3) is 0 Å². The van der Waals surface area contributed by atoms with Crippen LogP contribution in [0.5, 0.6) is 0 Å². The van der Waals surface area contributed by atoms with Gasteiger partial charge in [-0.25, -0.2) is 0 Å². The van der Waals surface area contributed by atoms with Crippen LogP contribution in [0.1, 0.15) is 26.7 Å². The SMILES string of the molecule is CCOCCC[O-].CCOCCC[O-].[Mn+2]. The third-order valence-corrected chi connectivity index (χ3v) is 1.27. The maximum Gasteiger partial charge on any atom is 2.00 e. The van der Waals surface area contributed by atoms with Crippen molar-refractivity contribution in [2.75, 3.05) is 39.6 Å². The van der Waals surface area contributed by atoms with Gasteiger partial charge in [0.15, 0.2) is 0 Å². The summed E-state index contributed by atoms with van der Waals surface area (Å²) in [5, 5.41) is 19.4. The first-order valence-electron chi connectivity index (χ1n) is 5.15. The molecule has 0 saturated carbocycles. The number of rotatable bonds is 8. The molecule has 0 saturated heterocycles. The van der Waals surface area contributed by atoms with Crippen molar-refractivity contribution in [1.29, 1.82) is 0 Å². The van der Waals surface area contributed by atoms with Crippen LogP contribution in [0.25, 0.3) is 0 Å². The van der Waals surface area contributed by atoms with Gasteiger partial charge in [0.2, 0.25) is 0 Å². The molecule has 0 aromatic rings. The Morgan fingerprint density at radius 3 is 1.33 bits per heavy atom. The Hall–Kier alpha value is 0.359. The Morgan fingerprint density at radius 2 is 1.13 bits per heavy atom. The minimum absolute atomic E-state index is 0. The van der Waals surface area contributed by atoms with Gasteiger partial charge in [0.05, 0.1) is 0 Å². The molecule has 1 radical (unpaired) electrons. The van der Waals surface area contributed by atoms with Crippen molar-refractivity contribution in [3.8, 4) is 0 Å². The molecule has 0 aliphatic carbocycles. The molecule has 0 heterocycles. The fourth-order valence-corrected chi connectivity index (χ4v) is 0.611. The van der Waals surface area contributed by atoms with Crippen molar-refractivity contribution in [3.63, 3.8) is 0 Å². The van der Waals surface area contributed by atoms with Gasteiger partial charge >= 0.3 is 17.1 Å². The third-order valence-electron chi connectivity index (χ3n) is 1.27. The Labute approximate surface area is 103 Å². The predicted molar refractivity (Wildman–Crippen MR) is 52.0 cm³/mol. The first kappa shape index (κ1) is 20.7. The molecule has 0 fully saturated rings. The third kappa shape index (κ3) is 31.4. The van der Waals surface area contributed by atoms with E-state index in [0.717, 1.165) is 13.2 Å². The number of hydrogen-bond donors (Lipinski definition) is 0.